The average Bonchev–Trinajstić information content (AvgIpc) is 3.56. The summed E-state index contributed by atoms with van der Waals surface area (Å²) in [7, 11) is 0. The van der Waals surface area contributed by atoms with E-state index in [9.17, 15) is 23.2 Å². The number of pyridine rings is 1. The molecule has 0 unspecified atom stereocenters. The van der Waals surface area contributed by atoms with Crippen LogP contribution < -0.4 is 11.0 Å². The number of hydrogen-bond acceptors (Lipinski definition) is 5. The predicted molar refractivity (Wildman–Crippen MR) is 150 cm³/mol. The Bertz CT molecular complexity index is 1630. The fraction of sp³-hybridized carbons (Fsp3) is 0.414. The molecule has 2 aliphatic rings. The second kappa shape index (κ2) is 11.7. The Labute approximate surface area is 240 Å². The quantitative estimate of drug-likeness (QED) is 0.377. The highest BCUT2D eigenvalue weighted by atomic mass is 19.2. The predicted octanol–water partition coefficient (Wildman–Crippen LogP) is 3.02. The third-order valence-electron chi connectivity index (χ3n) is 8.33. The average molecular weight is 579 g/mol. The van der Waals surface area contributed by atoms with Gasteiger partial charge in [0.05, 0.1) is 11.8 Å². The Morgan fingerprint density at radius 1 is 1.00 bits per heavy atom. The second-order valence-electron chi connectivity index (χ2n) is 11.0. The smallest absolute Gasteiger partial charge is 0.327 e. The normalized spacial score (nSPS) is 20.0. The molecule has 6 rings (SSSR count). The van der Waals surface area contributed by atoms with Gasteiger partial charge in [0.15, 0.2) is 17.3 Å². The minimum absolute atomic E-state index is 0.0509. The number of imidazole rings is 2. The van der Waals surface area contributed by atoms with Crippen molar-refractivity contribution in [2.45, 2.75) is 50.2 Å². The maximum absolute atomic E-state index is 14.8. The summed E-state index contributed by atoms with van der Waals surface area (Å²) in [6.07, 6.45) is 8.62. The zero-order valence-corrected chi connectivity index (χ0v) is 23.0. The van der Waals surface area contributed by atoms with Crippen LogP contribution in [-0.2, 0) is 11.3 Å². The summed E-state index contributed by atoms with van der Waals surface area (Å²) >= 11 is 0. The van der Waals surface area contributed by atoms with Gasteiger partial charge in [-0.05, 0) is 49.4 Å². The van der Waals surface area contributed by atoms with Crippen molar-refractivity contribution in [1.29, 1.82) is 0 Å². The molecule has 0 saturated carbocycles. The van der Waals surface area contributed by atoms with Crippen LogP contribution in [0.3, 0.4) is 0 Å². The van der Waals surface area contributed by atoms with Crippen LogP contribution in [-0.4, -0.2) is 78.0 Å². The molecule has 2 atom stereocenters. The van der Waals surface area contributed by atoms with E-state index < -0.39 is 17.6 Å². The van der Waals surface area contributed by atoms with E-state index in [2.05, 4.69) is 20.3 Å². The van der Waals surface area contributed by atoms with Crippen molar-refractivity contribution < 1.29 is 18.4 Å². The highest BCUT2D eigenvalue weighted by Crippen LogP contribution is 2.30. The van der Waals surface area contributed by atoms with Crippen LogP contribution in [0.2, 0.25) is 0 Å². The summed E-state index contributed by atoms with van der Waals surface area (Å²) in [4.78, 5) is 53.6. The molecule has 13 heteroatoms. The standard InChI is InChI=1S/C29H32F2N8O3/c30-23-4-1-3-22(26(23)31)19-6-7-20(16-38(15-19)25(40)17-36-14-11-32-18-36)34-28(41)37-12-8-21(9-13-37)39-24-5-2-10-33-27(24)35-29(39)42/h1-5,10-11,14,18-21H,6-9,12-13,15-17H2,(H,34,41)(H,33,35,42)/t19-,20-/m1/s1. The van der Waals surface area contributed by atoms with Gasteiger partial charge in [-0.3, -0.25) is 14.3 Å². The Morgan fingerprint density at radius 3 is 2.62 bits per heavy atom. The van der Waals surface area contributed by atoms with Crippen molar-refractivity contribution in [3.63, 3.8) is 0 Å². The van der Waals surface area contributed by atoms with Crippen LogP contribution in [0, 0.1) is 11.6 Å². The number of aromatic nitrogens is 5. The lowest BCUT2D eigenvalue weighted by Crippen LogP contribution is -2.51. The van der Waals surface area contributed by atoms with E-state index in [1.807, 2.05) is 6.07 Å². The number of likely N-dealkylation sites (tertiary alicyclic amines) is 2. The molecule has 1 aromatic carbocycles. The highest BCUT2D eigenvalue weighted by Gasteiger charge is 2.32. The number of rotatable bonds is 5. The van der Waals surface area contributed by atoms with Gasteiger partial charge in [-0.15, -0.1) is 0 Å². The fourth-order valence-corrected chi connectivity index (χ4v) is 6.15. The molecule has 0 radical (unpaired) electrons. The summed E-state index contributed by atoms with van der Waals surface area (Å²) in [5.41, 5.74) is 1.30. The van der Waals surface area contributed by atoms with Crippen LogP contribution >= 0.6 is 0 Å². The number of urea groups is 1. The van der Waals surface area contributed by atoms with Crippen LogP contribution in [0.15, 0.2) is 60.0 Å². The lowest BCUT2D eigenvalue weighted by atomic mass is 9.93. The fourth-order valence-electron chi connectivity index (χ4n) is 6.15. The zero-order valence-electron chi connectivity index (χ0n) is 23.0. The molecule has 42 heavy (non-hydrogen) atoms. The number of benzene rings is 1. The summed E-state index contributed by atoms with van der Waals surface area (Å²) in [5, 5.41) is 3.08. The minimum Gasteiger partial charge on any atom is -0.338 e. The molecule has 11 nitrogen and oxygen atoms in total. The molecule has 2 N–H and O–H groups in total. The van der Waals surface area contributed by atoms with Crippen LogP contribution in [0.1, 0.15) is 43.2 Å². The van der Waals surface area contributed by atoms with Gasteiger partial charge in [-0.1, -0.05) is 12.1 Å². The van der Waals surface area contributed by atoms with E-state index in [-0.39, 0.29) is 54.9 Å². The second-order valence-corrected chi connectivity index (χ2v) is 11.0. The topological polar surface area (TPSA) is 121 Å². The van der Waals surface area contributed by atoms with Crippen LogP contribution in [0.5, 0.6) is 0 Å². The molecule has 0 bridgehead atoms. The van der Waals surface area contributed by atoms with Crippen molar-refractivity contribution in [3.8, 4) is 0 Å². The molecular formula is C29H32F2N8O3. The molecular weight excluding hydrogens is 546 g/mol. The monoisotopic (exact) mass is 578 g/mol. The first-order chi connectivity index (χ1) is 20.4. The molecule has 2 saturated heterocycles. The molecule has 3 amide bonds. The summed E-state index contributed by atoms with van der Waals surface area (Å²) in [5.74, 6) is -2.45. The summed E-state index contributed by atoms with van der Waals surface area (Å²) < 4.78 is 32.2. The number of hydrogen-bond donors (Lipinski definition) is 2. The highest BCUT2D eigenvalue weighted by molar-refractivity contribution is 5.77. The number of nitrogens with one attached hydrogen (secondary N) is 2. The third-order valence-corrected chi connectivity index (χ3v) is 8.33. The van der Waals surface area contributed by atoms with Crippen molar-refractivity contribution >= 4 is 23.1 Å². The molecule has 4 aromatic rings. The summed E-state index contributed by atoms with van der Waals surface area (Å²) in [6, 6.07) is 7.08. The Morgan fingerprint density at radius 2 is 1.83 bits per heavy atom. The number of fused-ring (bicyclic) bond motifs is 1. The lowest BCUT2D eigenvalue weighted by Gasteiger charge is -2.34. The molecule has 220 valence electrons. The Hall–Kier alpha value is -4.55. The van der Waals surface area contributed by atoms with E-state index in [0.29, 0.717) is 44.4 Å². The number of H-pyrrole nitrogens is 1. The van der Waals surface area contributed by atoms with Crippen LogP contribution in [0.4, 0.5) is 13.6 Å². The van der Waals surface area contributed by atoms with Gasteiger partial charge in [0.25, 0.3) is 0 Å². The number of carbonyl (C=O) groups excluding carboxylic acids is 2. The maximum atomic E-state index is 14.8. The van der Waals surface area contributed by atoms with Crippen LogP contribution in [0.25, 0.3) is 11.2 Å². The van der Waals surface area contributed by atoms with Gasteiger partial charge in [0, 0.05) is 62.8 Å². The third kappa shape index (κ3) is 5.63. The Balaban J connectivity index is 1.13. The number of halogens is 2. The number of aromatic amines is 1. The SMILES string of the molecule is O=C(Cn1ccnc1)N1C[C@H](NC(=O)N2CCC(n3c(=O)[nH]c4ncccc43)CC2)CC[C@@H](c2cccc(F)c2F)C1. The number of piperidine rings is 1. The molecule has 0 spiro atoms. The molecule has 3 aromatic heterocycles. The maximum Gasteiger partial charge on any atom is 0.327 e. The minimum atomic E-state index is -0.924. The van der Waals surface area contributed by atoms with Crippen molar-refractivity contribution in [3.05, 3.63) is 82.9 Å². The first-order valence-corrected chi connectivity index (χ1v) is 14.2. The zero-order chi connectivity index (χ0) is 29.2. The lowest BCUT2D eigenvalue weighted by molar-refractivity contribution is -0.132. The van der Waals surface area contributed by atoms with Crippen molar-refractivity contribution in [2.75, 3.05) is 26.2 Å². The molecule has 5 heterocycles. The van der Waals surface area contributed by atoms with E-state index in [0.717, 1.165) is 11.6 Å². The van der Waals surface area contributed by atoms with Crippen molar-refractivity contribution in [1.82, 2.24) is 39.2 Å². The van der Waals surface area contributed by atoms with E-state index in [1.165, 1.54) is 6.07 Å². The van der Waals surface area contributed by atoms with E-state index >= 15 is 0 Å². The van der Waals surface area contributed by atoms with Gasteiger partial charge in [-0.25, -0.2) is 28.3 Å². The van der Waals surface area contributed by atoms with Gasteiger partial charge in [-0.2, -0.15) is 0 Å². The van der Waals surface area contributed by atoms with Gasteiger partial charge >= 0.3 is 11.7 Å². The molecule has 2 fully saturated rings. The van der Waals surface area contributed by atoms with Gasteiger partial charge in [0.2, 0.25) is 5.91 Å². The number of carbonyl (C=O) groups is 2. The van der Waals surface area contributed by atoms with Crippen molar-refractivity contribution in [2.24, 2.45) is 0 Å². The largest absolute Gasteiger partial charge is 0.338 e. The number of nitrogens with zero attached hydrogens (tertiary/aromatic N) is 6. The molecule has 0 aliphatic carbocycles. The first-order valence-electron chi connectivity index (χ1n) is 14.2. The molecule has 2 aliphatic heterocycles. The van der Waals surface area contributed by atoms with Gasteiger partial charge in [0.1, 0.15) is 6.54 Å². The van der Waals surface area contributed by atoms with E-state index in [1.54, 1.807) is 56.0 Å². The summed E-state index contributed by atoms with van der Waals surface area (Å²) in [6.45, 7) is 1.43. The Kier molecular flexibility index (Phi) is 7.72. The first kappa shape index (κ1) is 27.6. The van der Waals surface area contributed by atoms with E-state index in [4.69, 9.17) is 0 Å². The van der Waals surface area contributed by atoms with Gasteiger partial charge < -0.3 is 19.7 Å². The number of amides is 3.